The van der Waals surface area contributed by atoms with Crippen LogP contribution in [0.4, 0.5) is 0 Å². The van der Waals surface area contributed by atoms with E-state index in [9.17, 15) is 4.79 Å². The zero-order valence-corrected chi connectivity index (χ0v) is 15.5. The first-order valence-electron chi connectivity index (χ1n) is 9.05. The maximum Gasteiger partial charge on any atom is 0.254 e. The van der Waals surface area contributed by atoms with E-state index in [-0.39, 0.29) is 5.91 Å². The summed E-state index contributed by atoms with van der Waals surface area (Å²) < 4.78 is 0. The van der Waals surface area contributed by atoms with Gasteiger partial charge in [-0.3, -0.25) is 4.79 Å². The average Bonchev–Trinajstić information content (AvgIpc) is 3.09. The van der Waals surface area contributed by atoms with Crippen molar-refractivity contribution in [2.24, 2.45) is 0 Å². The van der Waals surface area contributed by atoms with E-state index in [4.69, 9.17) is 0 Å². The second-order valence-electron chi connectivity index (χ2n) is 7.22. The van der Waals surface area contributed by atoms with Gasteiger partial charge in [-0.25, -0.2) is 4.98 Å². The maximum atomic E-state index is 13.0. The van der Waals surface area contributed by atoms with Crippen LogP contribution in [-0.2, 0) is 0 Å². The third-order valence-electron chi connectivity index (χ3n) is 5.27. The first-order chi connectivity index (χ1) is 12.5. The smallest absolute Gasteiger partial charge is 0.254 e. The van der Waals surface area contributed by atoms with E-state index in [0.29, 0.717) is 0 Å². The molecule has 26 heavy (non-hydrogen) atoms. The number of likely N-dealkylation sites (N-methyl/N-ethyl adjacent to an activating group) is 1. The summed E-state index contributed by atoms with van der Waals surface area (Å²) in [5.41, 5.74) is 5.96. The predicted octanol–water partition coefficient (Wildman–Crippen LogP) is 3.23. The van der Waals surface area contributed by atoms with Crippen LogP contribution in [0.1, 0.15) is 21.5 Å². The molecule has 0 atom stereocenters. The van der Waals surface area contributed by atoms with Gasteiger partial charge in [-0.1, -0.05) is 12.1 Å². The Morgan fingerprint density at radius 1 is 1.04 bits per heavy atom. The largest absolute Gasteiger partial charge is 0.346 e. The standard InChI is InChI=1S/C21H24N4O/c1-14-10-17(18-12-16-4-5-22-20(16)23-13-18)11-15(2)19(14)21(26)25-8-6-24(3)7-9-25/h4-5,10-13H,6-9H2,1-3H3,(H,22,23). The second kappa shape index (κ2) is 6.57. The molecule has 3 aromatic rings. The van der Waals surface area contributed by atoms with E-state index < -0.39 is 0 Å². The Morgan fingerprint density at radius 3 is 2.42 bits per heavy atom. The van der Waals surface area contributed by atoms with Gasteiger partial charge in [-0.2, -0.15) is 0 Å². The third-order valence-corrected chi connectivity index (χ3v) is 5.27. The van der Waals surface area contributed by atoms with Gasteiger partial charge in [0.05, 0.1) is 0 Å². The number of aryl methyl sites for hydroxylation is 2. The highest BCUT2D eigenvalue weighted by Crippen LogP contribution is 2.27. The lowest BCUT2D eigenvalue weighted by atomic mass is 9.95. The van der Waals surface area contributed by atoms with Crippen molar-refractivity contribution >= 4 is 16.9 Å². The fourth-order valence-electron chi connectivity index (χ4n) is 3.73. The molecule has 1 saturated heterocycles. The molecule has 2 aromatic heterocycles. The zero-order valence-electron chi connectivity index (χ0n) is 15.5. The summed E-state index contributed by atoms with van der Waals surface area (Å²) in [6, 6.07) is 8.36. The van der Waals surface area contributed by atoms with Crippen LogP contribution in [0.3, 0.4) is 0 Å². The van der Waals surface area contributed by atoms with Gasteiger partial charge < -0.3 is 14.8 Å². The zero-order chi connectivity index (χ0) is 18.3. The molecule has 1 amide bonds. The van der Waals surface area contributed by atoms with Crippen LogP contribution < -0.4 is 0 Å². The number of nitrogens with one attached hydrogen (secondary N) is 1. The molecule has 0 spiro atoms. The lowest BCUT2D eigenvalue weighted by molar-refractivity contribution is 0.0662. The highest BCUT2D eigenvalue weighted by molar-refractivity contribution is 5.98. The lowest BCUT2D eigenvalue weighted by Crippen LogP contribution is -2.47. The SMILES string of the molecule is Cc1cc(-c2cnc3[nH]ccc3c2)cc(C)c1C(=O)N1CCN(C)CC1. The summed E-state index contributed by atoms with van der Waals surface area (Å²) >= 11 is 0. The first-order valence-corrected chi connectivity index (χ1v) is 9.05. The van der Waals surface area contributed by atoms with Gasteiger partial charge in [0.2, 0.25) is 0 Å². The number of H-pyrrole nitrogens is 1. The molecule has 0 radical (unpaired) electrons. The van der Waals surface area contributed by atoms with Crippen molar-refractivity contribution in [1.29, 1.82) is 0 Å². The van der Waals surface area contributed by atoms with Crippen molar-refractivity contribution in [3.8, 4) is 11.1 Å². The van der Waals surface area contributed by atoms with Crippen LogP contribution in [0.15, 0.2) is 36.7 Å². The summed E-state index contributed by atoms with van der Waals surface area (Å²) in [7, 11) is 2.10. The molecule has 1 aromatic carbocycles. The summed E-state index contributed by atoms with van der Waals surface area (Å²) in [6.45, 7) is 7.52. The Bertz CT molecular complexity index is 944. The number of amides is 1. The molecule has 1 N–H and O–H groups in total. The molecule has 0 aliphatic carbocycles. The summed E-state index contributed by atoms with van der Waals surface area (Å²) in [5, 5.41) is 1.09. The van der Waals surface area contributed by atoms with Crippen LogP contribution in [0.25, 0.3) is 22.2 Å². The van der Waals surface area contributed by atoms with E-state index in [1.54, 1.807) is 0 Å². The van der Waals surface area contributed by atoms with Crippen molar-refractivity contribution in [1.82, 2.24) is 19.8 Å². The first kappa shape index (κ1) is 16.8. The van der Waals surface area contributed by atoms with Crippen molar-refractivity contribution in [3.63, 3.8) is 0 Å². The lowest BCUT2D eigenvalue weighted by Gasteiger charge is -2.33. The summed E-state index contributed by atoms with van der Waals surface area (Å²) in [5.74, 6) is 0.152. The fourth-order valence-corrected chi connectivity index (χ4v) is 3.73. The Kier molecular flexibility index (Phi) is 4.24. The molecule has 0 unspecified atom stereocenters. The van der Waals surface area contributed by atoms with Gasteiger partial charge in [0.15, 0.2) is 0 Å². The Balaban J connectivity index is 1.67. The van der Waals surface area contributed by atoms with Crippen molar-refractivity contribution in [2.45, 2.75) is 13.8 Å². The van der Waals surface area contributed by atoms with Crippen LogP contribution in [0.5, 0.6) is 0 Å². The monoisotopic (exact) mass is 348 g/mol. The van der Waals surface area contributed by atoms with Gasteiger partial charge in [-0.15, -0.1) is 0 Å². The number of benzene rings is 1. The summed E-state index contributed by atoms with van der Waals surface area (Å²) in [4.78, 5) is 24.9. The number of aromatic nitrogens is 2. The van der Waals surface area contributed by atoms with Crippen LogP contribution in [0, 0.1) is 13.8 Å². The number of carbonyl (C=O) groups is 1. The van der Waals surface area contributed by atoms with Gasteiger partial charge in [0, 0.05) is 55.1 Å². The molecule has 5 nitrogen and oxygen atoms in total. The number of hydrogen-bond acceptors (Lipinski definition) is 3. The third kappa shape index (κ3) is 2.99. The molecule has 1 fully saturated rings. The molecule has 0 saturated carbocycles. The predicted molar refractivity (Wildman–Crippen MR) is 104 cm³/mol. The minimum atomic E-state index is 0.152. The van der Waals surface area contributed by atoms with E-state index in [0.717, 1.165) is 65.0 Å². The molecule has 4 rings (SSSR count). The van der Waals surface area contributed by atoms with Crippen LogP contribution in [-0.4, -0.2) is 58.9 Å². The topological polar surface area (TPSA) is 52.2 Å². The summed E-state index contributed by atoms with van der Waals surface area (Å²) in [6.07, 6.45) is 3.78. The van der Waals surface area contributed by atoms with E-state index in [2.05, 4.69) is 40.1 Å². The Labute approximate surface area is 153 Å². The minimum Gasteiger partial charge on any atom is -0.346 e. The average molecular weight is 348 g/mol. The molecule has 1 aliphatic heterocycles. The highest BCUT2D eigenvalue weighted by Gasteiger charge is 2.23. The van der Waals surface area contributed by atoms with E-state index in [1.807, 2.05) is 37.2 Å². The molecule has 1 aliphatic rings. The number of nitrogens with zero attached hydrogens (tertiary/aromatic N) is 3. The van der Waals surface area contributed by atoms with Crippen molar-refractivity contribution in [3.05, 3.63) is 53.3 Å². The van der Waals surface area contributed by atoms with E-state index >= 15 is 0 Å². The second-order valence-corrected chi connectivity index (χ2v) is 7.22. The minimum absolute atomic E-state index is 0.152. The van der Waals surface area contributed by atoms with Gasteiger partial charge in [0.25, 0.3) is 5.91 Å². The van der Waals surface area contributed by atoms with Crippen molar-refractivity contribution < 1.29 is 4.79 Å². The number of hydrogen-bond donors (Lipinski definition) is 1. The molecule has 0 bridgehead atoms. The van der Waals surface area contributed by atoms with Crippen LogP contribution in [0.2, 0.25) is 0 Å². The maximum absolute atomic E-state index is 13.0. The van der Waals surface area contributed by atoms with Gasteiger partial charge >= 0.3 is 0 Å². The molecule has 134 valence electrons. The molecule has 5 heteroatoms. The molecular weight excluding hydrogens is 324 g/mol. The Hall–Kier alpha value is -2.66. The normalized spacial score (nSPS) is 15.6. The molecular formula is C21H24N4O. The Morgan fingerprint density at radius 2 is 1.73 bits per heavy atom. The fraction of sp³-hybridized carbons (Fsp3) is 0.333. The van der Waals surface area contributed by atoms with Gasteiger partial charge in [-0.05, 0) is 49.7 Å². The number of rotatable bonds is 2. The van der Waals surface area contributed by atoms with Gasteiger partial charge in [0.1, 0.15) is 5.65 Å². The number of aromatic amines is 1. The number of piperazine rings is 1. The highest BCUT2D eigenvalue weighted by atomic mass is 16.2. The van der Waals surface area contributed by atoms with Crippen molar-refractivity contribution in [2.75, 3.05) is 33.2 Å². The van der Waals surface area contributed by atoms with E-state index in [1.165, 1.54) is 0 Å². The van der Waals surface area contributed by atoms with Crippen LogP contribution >= 0.6 is 0 Å². The molecule has 3 heterocycles. The number of fused-ring (bicyclic) bond motifs is 1. The number of carbonyl (C=O) groups excluding carboxylic acids is 1. The number of pyridine rings is 1. The quantitative estimate of drug-likeness (QED) is 0.773.